The molecule has 2 aliphatic rings. The average Bonchev–Trinajstić information content (AvgIpc) is 2.52. The Morgan fingerprint density at radius 1 is 1.20 bits per heavy atom. The molecule has 0 radical (unpaired) electrons. The van der Waals surface area contributed by atoms with Gasteiger partial charge in [0.15, 0.2) is 0 Å². The summed E-state index contributed by atoms with van der Waals surface area (Å²) in [4.78, 5) is 26.1. The second kappa shape index (κ2) is 7.62. The van der Waals surface area contributed by atoms with Crippen LogP contribution in [0.15, 0.2) is 0 Å². The highest BCUT2D eigenvalue weighted by Crippen LogP contribution is 2.20. The molecule has 2 rings (SSSR count). The zero-order chi connectivity index (χ0) is 14.4. The first-order valence-corrected chi connectivity index (χ1v) is 7.97. The lowest BCUT2D eigenvalue weighted by atomic mass is 9.98. The predicted octanol–water partition coefficient (Wildman–Crippen LogP) is 1.04. The van der Waals surface area contributed by atoms with E-state index in [0.29, 0.717) is 12.5 Å². The molecular weight excluding hydrogens is 254 g/mol. The molecule has 2 N–H and O–H groups in total. The summed E-state index contributed by atoms with van der Waals surface area (Å²) < 4.78 is 0. The monoisotopic (exact) mass is 281 g/mol. The highest BCUT2D eigenvalue weighted by atomic mass is 16.2. The first kappa shape index (κ1) is 15.3. The summed E-state index contributed by atoms with van der Waals surface area (Å²) in [6, 6.07) is 0.233. The minimum Gasteiger partial charge on any atom is -0.357 e. The number of nitrogens with one attached hydrogen (secondary N) is 2. The van der Waals surface area contributed by atoms with Crippen molar-refractivity contribution in [3.63, 3.8) is 0 Å². The lowest BCUT2D eigenvalue weighted by Gasteiger charge is -2.35. The van der Waals surface area contributed by atoms with Crippen molar-refractivity contribution in [3.8, 4) is 0 Å². The number of likely N-dealkylation sites (N-methyl/N-ethyl adjacent to an activating group) is 1. The van der Waals surface area contributed by atoms with Gasteiger partial charge >= 0.3 is 0 Å². The van der Waals surface area contributed by atoms with E-state index in [1.54, 1.807) is 11.9 Å². The molecule has 0 aromatic rings. The summed E-state index contributed by atoms with van der Waals surface area (Å²) in [7, 11) is 1.64. The van der Waals surface area contributed by atoms with Crippen molar-refractivity contribution in [1.29, 1.82) is 0 Å². The van der Waals surface area contributed by atoms with Gasteiger partial charge in [-0.2, -0.15) is 0 Å². The van der Waals surface area contributed by atoms with E-state index in [4.69, 9.17) is 0 Å². The Balaban J connectivity index is 1.83. The number of nitrogens with zero attached hydrogens (tertiary/aromatic N) is 1. The Labute approximate surface area is 121 Å². The SMILES string of the molecule is CNC(=O)C1CCCCN1C(=O)CCC1CCCCN1. The normalized spacial score (nSPS) is 27.1. The van der Waals surface area contributed by atoms with Gasteiger partial charge in [-0.15, -0.1) is 0 Å². The first-order valence-electron chi connectivity index (χ1n) is 7.97. The fourth-order valence-corrected chi connectivity index (χ4v) is 3.28. The van der Waals surface area contributed by atoms with E-state index in [9.17, 15) is 9.59 Å². The molecule has 2 atom stereocenters. The molecule has 20 heavy (non-hydrogen) atoms. The molecule has 0 bridgehead atoms. The maximum atomic E-state index is 12.4. The molecule has 0 aromatic heterocycles. The summed E-state index contributed by atoms with van der Waals surface area (Å²) in [6.45, 7) is 1.80. The van der Waals surface area contributed by atoms with Crippen molar-refractivity contribution in [1.82, 2.24) is 15.5 Å². The molecule has 0 spiro atoms. The Kier molecular flexibility index (Phi) is 5.83. The quantitative estimate of drug-likeness (QED) is 0.809. The van der Waals surface area contributed by atoms with Crippen molar-refractivity contribution < 1.29 is 9.59 Å². The number of piperidine rings is 2. The van der Waals surface area contributed by atoms with Crippen molar-refractivity contribution in [2.75, 3.05) is 20.1 Å². The standard InChI is InChI=1S/C15H27N3O2/c1-16-15(20)13-7-3-5-11-18(13)14(19)9-8-12-6-2-4-10-17-12/h12-13,17H,2-11H2,1H3,(H,16,20). The molecular formula is C15H27N3O2. The van der Waals surface area contributed by atoms with Crippen molar-refractivity contribution >= 4 is 11.8 Å². The van der Waals surface area contributed by atoms with E-state index in [1.807, 2.05) is 0 Å². The second-order valence-electron chi connectivity index (χ2n) is 5.90. The van der Waals surface area contributed by atoms with Crippen LogP contribution in [0.5, 0.6) is 0 Å². The van der Waals surface area contributed by atoms with Crippen LogP contribution in [0, 0.1) is 0 Å². The van der Waals surface area contributed by atoms with Gasteiger partial charge in [-0.1, -0.05) is 6.42 Å². The third-order valence-corrected chi connectivity index (χ3v) is 4.49. The molecule has 5 nitrogen and oxygen atoms in total. The van der Waals surface area contributed by atoms with Gasteiger partial charge in [0, 0.05) is 26.1 Å². The molecule has 2 unspecified atom stereocenters. The number of rotatable bonds is 4. The van der Waals surface area contributed by atoms with E-state index in [1.165, 1.54) is 19.3 Å². The van der Waals surface area contributed by atoms with Crippen LogP contribution in [-0.4, -0.2) is 48.9 Å². The van der Waals surface area contributed by atoms with Crippen LogP contribution < -0.4 is 10.6 Å². The van der Waals surface area contributed by atoms with Gasteiger partial charge < -0.3 is 15.5 Å². The lowest BCUT2D eigenvalue weighted by Crippen LogP contribution is -2.51. The number of hydrogen-bond donors (Lipinski definition) is 2. The van der Waals surface area contributed by atoms with Crippen molar-refractivity contribution in [2.45, 2.75) is 63.5 Å². The van der Waals surface area contributed by atoms with Gasteiger partial charge in [-0.25, -0.2) is 0 Å². The van der Waals surface area contributed by atoms with E-state index in [0.717, 1.165) is 38.8 Å². The highest BCUT2D eigenvalue weighted by molar-refractivity contribution is 5.87. The third kappa shape index (κ3) is 3.95. The summed E-state index contributed by atoms with van der Waals surface area (Å²) in [5, 5.41) is 6.15. The molecule has 2 fully saturated rings. The zero-order valence-corrected chi connectivity index (χ0v) is 12.5. The van der Waals surface area contributed by atoms with Crippen LogP contribution in [0.4, 0.5) is 0 Å². The third-order valence-electron chi connectivity index (χ3n) is 4.49. The fraction of sp³-hybridized carbons (Fsp3) is 0.867. The van der Waals surface area contributed by atoms with Gasteiger partial charge in [-0.05, 0) is 45.1 Å². The minimum absolute atomic E-state index is 0.0196. The van der Waals surface area contributed by atoms with Crippen LogP contribution >= 0.6 is 0 Å². The van der Waals surface area contributed by atoms with Gasteiger partial charge in [0.2, 0.25) is 11.8 Å². The molecule has 2 aliphatic heterocycles. The van der Waals surface area contributed by atoms with Gasteiger partial charge in [0.05, 0.1) is 0 Å². The van der Waals surface area contributed by atoms with E-state index in [-0.39, 0.29) is 17.9 Å². The van der Waals surface area contributed by atoms with Gasteiger partial charge in [0.25, 0.3) is 0 Å². The Hall–Kier alpha value is -1.10. The largest absolute Gasteiger partial charge is 0.357 e. The molecule has 114 valence electrons. The maximum Gasteiger partial charge on any atom is 0.242 e. The molecule has 0 saturated carbocycles. The number of carbonyl (C=O) groups excluding carboxylic acids is 2. The lowest BCUT2D eigenvalue weighted by molar-refractivity contribution is -0.142. The van der Waals surface area contributed by atoms with Crippen LogP contribution in [0.25, 0.3) is 0 Å². The van der Waals surface area contributed by atoms with Crippen LogP contribution in [0.1, 0.15) is 51.4 Å². The smallest absolute Gasteiger partial charge is 0.242 e. The zero-order valence-electron chi connectivity index (χ0n) is 12.5. The topological polar surface area (TPSA) is 61.4 Å². The summed E-state index contributed by atoms with van der Waals surface area (Å²) in [5.41, 5.74) is 0. The molecule has 0 aliphatic carbocycles. The summed E-state index contributed by atoms with van der Waals surface area (Å²) in [5.74, 6) is 0.125. The minimum atomic E-state index is -0.249. The second-order valence-corrected chi connectivity index (χ2v) is 5.90. The molecule has 5 heteroatoms. The number of likely N-dealkylation sites (tertiary alicyclic amines) is 1. The Morgan fingerprint density at radius 2 is 2.00 bits per heavy atom. The Bertz CT molecular complexity index is 340. The first-order chi connectivity index (χ1) is 9.72. The summed E-state index contributed by atoms with van der Waals surface area (Å²) in [6.07, 6.45) is 7.99. The van der Waals surface area contributed by atoms with E-state index < -0.39 is 0 Å². The summed E-state index contributed by atoms with van der Waals surface area (Å²) >= 11 is 0. The van der Waals surface area contributed by atoms with Crippen LogP contribution in [-0.2, 0) is 9.59 Å². The van der Waals surface area contributed by atoms with Crippen LogP contribution in [0.2, 0.25) is 0 Å². The van der Waals surface area contributed by atoms with Crippen LogP contribution in [0.3, 0.4) is 0 Å². The molecule has 2 amide bonds. The van der Waals surface area contributed by atoms with Gasteiger partial charge in [-0.3, -0.25) is 9.59 Å². The Morgan fingerprint density at radius 3 is 2.70 bits per heavy atom. The molecule has 0 aromatic carbocycles. The average molecular weight is 281 g/mol. The molecule has 2 saturated heterocycles. The van der Waals surface area contributed by atoms with Gasteiger partial charge in [0.1, 0.15) is 6.04 Å². The highest BCUT2D eigenvalue weighted by Gasteiger charge is 2.31. The predicted molar refractivity (Wildman–Crippen MR) is 78.3 cm³/mol. The fourth-order valence-electron chi connectivity index (χ4n) is 3.28. The van der Waals surface area contributed by atoms with E-state index >= 15 is 0 Å². The van der Waals surface area contributed by atoms with E-state index in [2.05, 4.69) is 10.6 Å². The van der Waals surface area contributed by atoms with Crippen molar-refractivity contribution in [2.24, 2.45) is 0 Å². The molecule has 2 heterocycles. The number of amides is 2. The number of carbonyl (C=O) groups is 2. The number of hydrogen-bond acceptors (Lipinski definition) is 3. The maximum absolute atomic E-state index is 12.4. The van der Waals surface area contributed by atoms with Crippen molar-refractivity contribution in [3.05, 3.63) is 0 Å².